The van der Waals surface area contributed by atoms with Gasteiger partial charge in [-0.1, -0.05) is 29.8 Å². The second-order valence-electron chi connectivity index (χ2n) is 4.17. The van der Waals surface area contributed by atoms with Crippen molar-refractivity contribution in [1.29, 1.82) is 0 Å². The molecule has 0 saturated carbocycles. The summed E-state index contributed by atoms with van der Waals surface area (Å²) in [7, 11) is 1.92. The summed E-state index contributed by atoms with van der Waals surface area (Å²) in [6, 6.07) is 5.91. The smallest absolute Gasteiger partial charge is 0.0888 e. The van der Waals surface area contributed by atoms with Gasteiger partial charge >= 0.3 is 0 Å². The third-order valence-corrected chi connectivity index (χ3v) is 3.00. The molecule has 1 N–H and O–H groups in total. The fourth-order valence-corrected chi connectivity index (χ4v) is 2.19. The van der Waals surface area contributed by atoms with Gasteiger partial charge in [0.25, 0.3) is 0 Å². The fraction of sp³-hybridized carbons (Fsp3) is 0.385. The molecule has 1 aromatic carbocycles. The van der Waals surface area contributed by atoms with Crippen molar-refractivity contribution in [1.82, 2.24) is 20.3 Å². The Bertz CT molecular complexity index is 521. The van der Waals surface area contributed by atoms with Crippen LogP contribution in [0.1, 0.15) is 18.9 Å². The van der Waals surface area contributed by atoms with Gasteiger partial charge < -0.3 is 5.32 Å². The molecule has 0 aliphatic heterocycles. The van der Waals surface area contributed by atoms with Gasteiger partial charge in [0.2, 0.25) is 0 Å². The Morgan fingerprint density at radius 2 is 2.22 bits per heavy atom. The highest BCUT2D eigenvalue weighted by Crippen LogP contribution is 2.26. The molecular formula is C13H17ClN4. The van der Waals surface area contributed by atoms with Gasteiger partial charge in [-0.2, -0.15) is 0 Å². The van der Waals surface area contributed by atoms with E-state index in [0.29, 0.717) is 0 Å². The van der Waals surface area contributed by atoms with E-state index >= 15 is 0 Å². The molecule has 0 bridgehead atoms. The van der Waals surface area contributed by atoms with Crippen LogP contribution in [0.25, 0.3) is 11.3 Å². The number of hydrogen-bond acceptors (Lipinski definition) is 3. The summed E-state index contributed by atoms with van der Waals surface area (Å²) in [5.74, 6) is 0. The molecule has 2 aromatic rings. The van der Waals surface area contributed by atoms with E-state index in [0.717, 1.165) is 41.4 Å². The molecule has 96 valence electrons. The largest absolute Gasteiger partial charge is 0.316 e. The second-order valence-corrected chi connectivity index (χ2v) is 4.61. The molecule has 0 spiro atoms. The zero-order valence-electron chi connectivity index (χ0n) is 10.7. The maximum Gasteiger partial charge on any atom is 0.0888 e. The first-order valence-corrected chi connectivity index (χ1v) is 6.46. The summed E-state index contributed by atoms with van der Waals surface area (Å²) in [6.07, 6.45) is 2.84. The predicted octanol–water partition coefficient (Wildman–Crippen LogP) is 2.73. The van der Waals surface area contributed by atoms with E-state index in [-0.39, 0.29) is 0 Å². The van der Waals surface area contributed by atoms with Gasteiger partial charge in [-0.3, -0.25) is 0 Å². The topological polar surface area (TPSA) is 42.7 Å². The first kappa shape index (κ1) is 13.1. The second kappa shape index (κ2) is 5.98. The number of nitrogens with one attached hydrogen (secondary N) is 1. The van der Waals surface area contributed by atoms with Gasteiger partial charge in [0.05, 0.1) is 11.9 Å². The first-order chi connectivity index (χ1) is 8.76. The average Bonchev–Trinajstić information content (AvgIpc) is 2.78. The predicted molar refractivity (Wildman–Crippen MR) is 73.5 cm³/mol. The Kier molecular flexibility index (Phi) is 4.33. The molecule has 1 heterocycles. The molecular weight excluding hydrogens is 248 g/mol. The van der Waals surface area contributed by atoms with Crippen molar-refractivity contribution < 1.29 is 0 Å². The van der Waals surface area contributed by atoms with Crippen molar-refractivity contribution in [2.75, 3.05) is 7.05 Å². The number of benzene rings is 1. The Balaban J connectivity index is 2.45. The molecule has 0 radical (unpaired) electrons. The van der Waals surface area contributed by atoms with Crippen LogP contribution in [0.15, 0.2) is 24.4 Å². The lowest BCUT2D eigenvalue weighted by molar-refractivity contribution is 0.584. The minimum atomic E-state index is 0.749. The number of rotatable bonds is 5. The third-order valence-electron chi connectivity index (χ3n) is 2.76. The lowest BCUT2D eigenvalue weighted by Gasteiger charge is -2.11. The third kappa shape index (κ3) is 2.71. The number of aryl methyl sites for hydroxylation is 1. The van der Waals surface area contributed by atoms with Gasteiger partial charge in [0.15, 0.2) is 0 Å². The van der Waals surface area contributed by atoms with Crippen LogP contribution in [0, 0.1) is 0 Å². The molecule has 18 heavy (non-hydrogen) atoms. The Labute approximate surface area is 112 Å². The highest BCUT2D eigenvalue weighted by molar-refractivity contribution is 6.30. The maximum atomic E-state index is 6.05. The van der Waals surface area contributed by atoms with Gasteiger partial charge in [0.1, 0.15) is 0 Å². The Morgan fingerprint density at radius 3 is 2.94 bits per heavy atom. The standard InChI is InChI=1S/C13H17ClN4/c1-3-6-18-13(9-16-17-18)12-5-4-11(14)7-10(12)8-15-2/h4-5,7,9,15H,3,6,8H2,1-2H3. The van der Waals surface area contributed by atoms with Crippen LogP contribution in [0.5, 0.6) is 0 Å². The molecule has 0 saturated heterocycles. The number of hydrogen-bond donors (Lipinski definition) is 1. The zero-order chi connectivity index (χ0) is 13.0. The molecule has 4 nitrogen and oxygen atoms in total. The van der Waals surface area contributed by atoms with Crippen molar-refractivity contribution in [2.24, 2.45) is 0 Å². The zero-order valence-corrected chi connectivity index (χ0v) is 11.4. The molecule has 0 unspecified atom stereocenters. The average molecular weight is 265 g/mol. The monoisotopic (exact) mass is 264 g/mol. The van der Waals surface area contributed by atoms with Crippen LogP contribution >= 0.6 is 11.6 Å². The van der Waals surface area contributed by atoms with Crippen molar-refractivity contribution in [2.45, 2.75) is 26.4 Å². The quantitative estimate of drug-likeness (QED) is 0.903. The fourth-order valence-electron chi connectivity index (χ4n) is 1.99. The van der Waals surface area contributed by atoms with E-state index in [2.05, 4.69) is 22.6 Å². The minimum Gasteiger partial charge on any atom is -0.316 e. The molecule has 0 amide bonds. The van der Waals surface area contributed by atoms with Gasteiger partial charge in [-0.25, -0.2) is 4.68 Å². The highest BCUT2D eigenvalue weighted by atomic mass is 35.5. The van der Waals surface area contributed by atoms with Crippen LogP contribution in [0.4, 0.5) is 0 Å². The van der Waals surface area contributed by atoms with E-state index in [1.54, 1.807) is 6.20 Å². The summed E-state index contributed by atoms with van der Waals surface area (Å²) in [5, 5.41) is 12.0. The summed E-state index contributed by atoms with van der Waals surface area (Å²) >= 11 is 6.05. The molecule has 0 aliphatic rings. The van der Waals surface area contributed by atoms with Crippen molar-refractivity contribution in [3.8, 4) is 11.3 Å². The van der Waals surface area contributed by atoms with Crippen LogP contribution in [0.3, 0.4) is 0 Å². The number of halogens is 1. The summed E-state index contributed by atoms with van der Waals surface area (Å²) in [6.45, 7) is 3.77. The number of aromatic nitrogens is 3. The minimum absolute atomic E-state index is 0.749. The lowest BCUT2D eigenvalue weighted by atomic mass is 10.0. The molecule has 0 fully saturated rings. The molecule has 1 aromatic heterocycles. The SMILES string of the molecule is CCCn1nncc1-c1ccc(Cl)cc1CNC. The molecule has 0 atom stereocenters. The summed E-state index contributed by atoms with van der Waals surface area (Å²) in [4.78, 5) is 0. The van der Waals surface area contributed by atoms with Gasteiger partial charge in [-0.15, -0.1) is 5.10 Å². The van der Waals surface area contributed by atoms with Crippen LogP contribution in [0.2, 0.25) is 5.02 Å². The van der Waals surface area contributed by atoms with Crippen molar-refractivity contribution >= 4 is 11.6 Å². The highest BCUT2D eigenvalue weighted by Gasteiger charge is 2.11. The van der Waals surface area contributed by atoms with E-state index < -0.39 is 0 Å². The van der Waals surface area contributed by atoms with E-state index in [4.69, 9.17) is 11.6 Å². The first-order valence-electron chi connectivity index (χ1n) is 6.08. The van der Waals surface area contributed by atoms with E-state index in [9.17, 15) is 0 Å². The van der Waals surface area contributed by atoms with Crippen LogP contribution < -0.4 is 5.32 Å². The normalized spacial score (nSPS) is 10.8. The Hall–Kier alpha value is -1.39. The van der Waals surface area contributed by atoms with Crippen molar-refractivity contribution in [3.63, 3.8) is 0 Å². The van der Waals surface area contributed by atoms with Gasteiger partial charge in [-0.05, 0) is 31.2 Å². The van der Waals surface area contributed by atoms with E-state index in [1.807, 2.05) is 29.9 Å². The van der Waals surface area contributed by atoms with Crippen molar-refractivity contribution in [3.05, 3.63) is 35.0 Å². The lowest BCUT2D eigenvalue weighted by Crippen LogP contribution is -2.08. The number of nitrogens with zero attached hydrogens (tertiary/aromatic N) is 3. The van der Waals surface area contributed by atoms with Crippen LogP contribution in [-0.4, -0.2) is 22.0 Å². The van der Waals surface area contributed by atoms with Crippen LogP contribution in [-0.2, 0) is 13.1 Å². The maximum absolute atomic E-state index is 6.05. The van der Waals surface area contributed by atoms with E-state index in [1.165, 1.54) is 0 Å². The molecule has 5 heteroatoms. The van der Waals surface area contributed by atoms with Gasteiger partial charge in [0, 0.05) is 23.7 Å². The molecule has 0 aliphatic carbocycles. The summed E-state index contributed by atoms with van der Waals surface area (Å²) < 4.78 is 1.93. The molecule has 2 rings (SSSR count). The Morgan fingerprint density at radius 1 is 1.39 bits per heavy atom. The summed E-state index contributed by atoms with van der Waals surface area (Å²) in [5.41, 5.74) is 3.33.